The van der Waals surface area contributed by atoms with E-state index in [1.54, 1.807) is 19.0 Å². The van der Waals surface area contributed by atoms with E-state index in [1.807, 2.05) is 4.90 Å². The maximum atomic E-state index is 13.0. The number of alkyl halides is 3. The van der Waals surface area contributed by atoms with Gasteiger partial charge in [-0.3, -0.25) is 0 Å². The van der Waals surface area contributed by atoms with Crippen LogP contribution < -0.4 is 9.80 Å². The highest BCUT2D eigenvalue weighted by Gasteiger charge is 2.34. The Labute approximate surface area is 122 Å². The first-order valence-corrected chi connectivity index (χ1v) is 6.92. The highest BCUT2D eigenvalue weighted by atomic mass is 19.4. The van der Waals surface area contributed by atoms with Crippen molar-refractivity contribution in [1.29, 1.82) is 0 Å². The maximum absolute atomic E-state index is 13.0. The van der Waals surface area contributed by atoms with Crippen molar-refractivity contribution in [3.05, 3.63) is 11.8 Å². The molecule has 0 atom stereocenters. The average molecular weight is 303 g/mol. The fourth-order valence-electron chi connectivity index (χ4n) is 2.20. The highest BCUT2D eigenvalue weighted by Crippen LogP contribution is 2.31. The largest absolute Gasteiger partial charge is 0.433 e. The number of aromatic nitrogens is 2. The number of rotatable bonds is 3. The third-order valence-electron chi connectivity index (χ3n) is 3.55. The van der Waals surface area contributed by atoms with Gasteiger partial charge in [0.1, 0.15) is 5.82 Å². The Morgan fingerprint density at radius 1 is 1.14 bits per heavy atom. The van der Waals surface area contributed by atoms with Crippen LogP contribution in [-0.4, -0.2) is 61.7 Å². The summed E-state index contributed by atoms with van der Waals surface area (Å²) in [7, 11) is 3.34. The molecule has 0 saturated carbocycles. The molecular weight excluding hydrogens is 283 g/mol. The number of piperazine rings is 1. The van der Waals surface area contributed by atoms with Crippen molar-refractivity contribution >= 4 is 11.8 Å². The second-order valence-electron chi connectivity index (χ2n) is 5.22. The number of anilines is 2. The number of hydrogen-bond acceptors (Lipinski definition) is 5. The smallest absolute Gasteiger partial charge is 0.363 e. The van der Waals surface area contributed by atoms with Crippen LogP contribution in [0.25, 0.3) is 0 Å². The van der Waals surface area contributed by atoms with E-state index in [0.29, 0.717) is 13.1 Å². The first kappa shape index (κ1) is 15.8. The van der Waals surface area contributed by atoms with Gasteiger partial charge in [0.2, 0.25) is 5.95 Å². The monoisotopic (exact) mass is 303 g/mol. The second kappa shape index (κ2) is 6.05. The van der Waals surface area contributed by atoms with E-state index in [4.69, 9.17) is 0 Å². The lowest BCUT2D eigenvalue weighted by molar-refractivity contribution is -0.141. The van der Waals surface area contributed by atoms with E-state index in [-0.39, 0.29) is 11.8 Å². The van der Waals surface area contributed by atoms with E-state index in [2.05, 4.69) is 21.8 Å². The third-order valence-corrected chi connectivity index (χ3v) is 3.55. The van der Waals surface area contributed by atoms with Gasteiger partial charge >= 0.3 is 6.18 Å². The molecule has 1 aromatic rings. The van der Waals surface area contributed by atoms with Crippen molar-refractivity contribution in [3.63, 3.8) is 0 Å². The number of likely N-dealkylation sites (N-methyl/N-ethyl adjacent to an activating group) is 1. The lowest BCUT2D eigenvalue weighted by Gasteiger charge is -2.34. The van der Waals surface area contributed by atoms with Crippen molar-refractivity contribution in [2.24, 2.45) is 0 Å². The molecule has 0 aliphatic carbocycles. The minimum Gasteiger partial charge on any atom is -0.363 e. The minimum absolute atomic E-state index is 0.157. The Hall–Kier alpha value is -1.57. The van der Waals surface area contributed by atoms with Crippen LogP contribution in [-0.2, 0) is 6.18 Å². The summed E-state index contributed by atoms with van der Waals surface area (Å²) in [6.45, 7) is 5.92. The normalized spacial score (nSPS) is 17.1. The molecule has 0 unspecified atom stereocenters. The van der Waals surface area contributed by atoms with Gasteiger partial charge in [0, 0.05) is 46.3 Å². The Morgan fingerprint density at radius 2 is 1.76 bits per heavy atom. The summed E-state index contributed by atoms with van der Waals surface area (Å²) in [4.78, 5) is 13.6. The predicted octanol–water partition coefficient (Wildman–Crippen LogP) is 1.70. The zero-order chi connectivity index (χ0) is 15.6. The molecule has 0 radical (unpaired) electrons. The first-order chi connectivity index (χ1) is 9.81. The van der Waals surface area contributed by atoms with Crippen LogP contribution in [0.3, 0.4) is 0 Å². The molecule has 8 heteroatoms. The van der Waals surface area contributed by atoms with Gasteiger partial charge in [-0.25, -0.2) is 4.98 Å². The van der Waals surface area contributed by atoms with Crippen LogP contribution in [0.1, 0.15) is 12.6 Å². The summed E-state index contributed by atoms with van der Waals surface area (Å²) in [6, 6.07) is 0.978. The molecule has 1 aliphatic rings. The topological polar surface area (TPSA) is 35.5 Å². The Morgan fingerprint density at radius 3 is 2.24 bits per heavy atom. The number of nitrogens with zero attached hydrogens (tertiary/aromatic N) is 5. The van der Waals surface area contributed by atoms with E-state index < -0.39 is 11.9 Å². The van der Waals surface area contributed by atoms with Gasteiger partial charge < -0.3 is 14.7 Å². The van der Waals surface area contributed by atoms with Gasteiger partial charge in [0.25, 0.3) is 0 Å². The maximum Gasteiger partial charge on any atom is 0.433 e. The molecule has 1 saturated heterocycles. The molecular formula is C13H20F3N5. The minimum atomic E-state index is -4.46. The van der Waals surface area contributed by atoms with Crippen molar-refractivity contribution in [3.8, 4) is 0 Å². The van der Waals surface area contributed by atoms with E-state index in [1.165, 1.54) is 0 Å². The third kappa shape index (κ3) is 3.75. The molecule has 2 heterocycles. The van der Waals surface area contributed by atoms with E-state index in [0.717, 1.165) is 25.7 Å². The average Bonchev–Trinajstić information content (AvgIpc) is 2.46. The van der Waals surface area contributed by atoms with Crippen LogP contribution >= 0.6 is 0 Å². The Kier molecular flexibility index (Phi) is 4.55. The molecule has 0 spiro atoms. The van der Waals surface area contributed by atoms with Crippen LogP contribution in [0.4, 0.5) is 24.9 Å². The van der Waals surface area contributed by atoms with Gasteiger partial charge in [-0.05, 0) is 6.54 Å². The molecule has 0 N–H and O–H groups in total. The Bertz CT molecular complexity index is 481. The molecule has 0 aromatic carbocycles. The summed E-state index contributed by atoms with van der Waals surface area (Å²) in [6.07, 6.45) is -4.46. The van der Waals surface area contributed by atoms with Gasteiger partial charge in [0.15, 0.2) is 5.69 Å². The van der Waals surface area contributed by atoms with Gasteiger partial charge in [0.05, 0.1) is 0 Å². The fourth-order valence-corrected chi connectivity index (χ4v) is 2.20. The van der Waals surface area contributed by atoms with Gasteiger partial charge in [-0.1, -0.05) is 6.92 Å². The molecule has 0 amide bonds. The second-order valence-corrected chi connectivity index (χ2v) is 5.22. The van der Waals surface area contributed by atoms with E-state index in [9.17, 15) is 13.2 Å². The summed E-state index contributed by atoms with van der Waals surface area (Å²) in [5.74, 6) is 0.425. The molecule has 21 heavy (non-hydrogen) atoms. The van der Waals surface area contributed by atoms with Crippen molar-refractivity contribution < 1.29 is 13.2 Å². The van der Waals surface area contributed by atoms with Gasteiger partial charge in [-0.2, -0.15) is 18.2 Å². The number of halogens is 3. The standard InChI is InChI=1S/C13H20F3N5/c1-4-20-5-7-21(8-6-20)12-17-10(13(14,15)16)9-11(18-12)19(2)3/h9H,4-8H2,1-3H3. The molecule has 118 valence electrons. The summed E-state index contributed by atoms with van der Waals surface area (Å²) >= 11 is 0. The van der Waals surface area contributed by atoms with Gasteiger partial charge in [-0.15, -0.1) is 0 Å². The Balaban J connectivity index is 2.28. The molecule has 5 nitrogen and oxygen atoms in total. The summed E-state index contributed by atoms with van der Waals surface area (Å²) in [5, 5.41) is 0. The molecule has 1 aromatic heterocycles. The summed E-state index contributed by atoms with van der Waals surface area (Å²) in [5.41, 5.74) is -0.894. The van der Waals surface area contributed by atoms with E-state index >= 15 is 0 Å². The fraction of sp³-hybridized carbons (Fsp3) is 0.692. The quantitative estimate of drug-likeness (QED) is 0.849. The van der Waals surface area contributed by atoms with Crippen molar-refractivity contribution in [2.45, 2.75) is 13.1 Å². The lowest BCUT2D eigenvalue weighted by Crippen LogP contribution is -2.47. The predicted molar refractivity (Wildman–Crippen MR) is 75.7 cm³/mol. The molecule has 1 aliphatic heterocycles. The molecule has 0 bridgehead atoms. The molecule has 1 fully saturated rings. The lowest BCUT2D eigenvalue weighted by atomic mass is 10.3. The summed E-state index contributed by atoms with van der Waals surface area (Å²) < 4.78 is 38.9. The van der Waals surface area contributed by atoms with Crippen LogP contribution in [0.5, 0.6) is 0 Å². The van der Waals surface area contributed by atoms with Crippen LogP contribution in [0.15, 0.2) is 6.07 Å². The first-order valence-electron chi connectivity index (χ1n) is 6.92. The SMILES string of the molecule is CCN1CCN(c2nc(N(C)C)cc(C(F)(F)F)n2)CC1. The van der Waals surface area contributed by atoms with Crippen molar-refractivity contribution in [1.82, 2.24) is 14.9 Å². The van der Waals surface area contributed by atoms with Crippen LogP contribution in [0.2, 0.25) is 0 Å². The number of hydrogen-bond donors (Lipinski definition) is 0. The zero-order valence-electron chi connectivity index (χ0n) is 12.5. The molecule has 2 rings (SSSR count). The van der Waals surface area contributed by atoms with Crippen LogP contribution in [0, 0.1) is 0 Å². The zero-order valence-corrected chi connectivity index (χ0v) is 12.5. The van der Waals surface area contributed by atoms with Crippen molar-refractivity contribution in [2.75, 3.05) is 56.6 Å². The highest BCUT2D eigenvalue weighted by molar-refractivity contribution is 5.45.